The van der Waals surface area contributed by atoms with Crippen LogP contribution in [0.3, 0.4) is 0 Å². The van der Waals surface area contributed by atoms with Gasteiger partial charge in [-0.2, -0.15) is 0 Å². The summed E-state index contributed by atoms with van der Waals surface area (Å²) < 4.78 is 2.15. The molecule has 0 saturated heterocycles. The van der Waals surface area contributed by atoms with Gasteiger partial charge >= 0.3 is 0 Å². The molecule has 1 N–H and O–H groups in total. The third kappa shape index (κ3) is 1.21. The van der Waals surface area contributed by atoms with Crippen molar-refractivity contribution in [3.63, 3.8) is 0 Å². The van der Waals surface area contributed by atoms with E-state index in [4.69, 9.17) is 0 Å². The van der Waals surface area contributed by atoms with Crippen LogP contribution in [0.5, 0.6) is 0 Å². The molecule has 1 aliphatic heterocycles. The summed E-state index contributed by atoms with van der Waals surface area (Å²) in [5, 5.41) is 9.28. The number of fused-ring (bicyclic) bond motifs is 1. The predicted octanol–water partition coefficient (Wildman–Crippen LogP) is 1.27. The number of aryl methyl sites for hydroxylation is 1. The normalized spacial score (nSPS) is 22.8. The van der Waals surface area contributed by atoms with E-state index >= 15 is 0 Å². The van der Waals surface area contributed by atoms with Gasteiger partial charge in [-0.25, -0.2) is 0 Å². The van der Waals surface area contributed by atoms with E-state index in [0.717, 1.165) is 13.0 Å². The number of nitrogens with zero attached hydrogens (tertiary/aromatic N) is 1. The molecule has 1 unspecified atom stereocenters. The number of hydrogen-bond donors (Lipinski definition) is 1. The second-order valence-electron chi connectivity index (χ2n) is 2.84. The maximum atomic E-state index is 9.28. The van der Waals surface area contributed by atoms with Gasteiger partial charge in [0.05, 0.1) is 6.10 Å². The third-order valence-electron chi connectivity index (χ3n) is 2.02. The van der Waals surface area contributed by atoms with Crippen LogP contribution >= 0.6 is 0 Å². The van der Waals surface area contributed by atoms with E-state index in [0.29, 0.717) is 0 Å². The van der Waals surface area contributed by atoms with Crippen molar-refractivity contribution in [1.29, 1.82) is 0 Å². The first-order valence-electron chi connectivity index (χ1n) is 3.88. The number of rotatable bonds is 0. The topological polar surface area (TPSA) is 25.2 Å². The van der Waals surface area contributed by atoms with Crippen molar-refractivity contribution < 1.29 is 5.11 Å². The van der Waals surface area contributed by atoms with Crippen molar-refractivity contribution >= 4 is 6.08 Å². The maximum Gasteiger partial charge on any atom is 0.0741 e. The minimum absolute atomic E-state index is 0.269. The third-order valence-corrected chi connectivity index (χ3v) is 2.02. The Morgan fingerprint density at radius 1 is 1.55 bits per heavy atom. The van der Waals surface area contributed by atoms with Gasteiger partial charge in [-0.15, -0.1) is 0 Å². The molecule has 2 heterocycles. The fourth-order valence-corrected chi connectivity index (χ4v) is 1.36. The molecule has 58 valence electrons. The van der Waals surface area contributed by atoms with Crippen molar-refractivity contribution in [2.75, 3.05) is 0 Å². The molecular formula is C9H11NO. The highest BCUT2D eigenvalue weighted by molar-refractivity contribution is 5.46. The van der Waals surface area contributed by atoms with Gasteiger partial charge in [-0.1, -0.05) is 6.08 Å². The predicted molar refractivity (Wildman–Crippen MR) is 44.1 cm³/mol. The molecule has 1 aromatic rings. The summed E-state index contributed by atoms with van der Waals surface area (Å²) in [5.74, 6) is 0. The number of aromatic nitrogens is 1. The summed E-state index contributed by atoms with van der Waals surface area (Å²) in [5.41, 5.74) is 1.18. The molecule has 0 radical (unpaired) electrons. The molecule has 0 bridgehead atoms. The van der Waals surface area contributed by atoms with E-state index in [9.17, 15) is 5.11 Å². The molecule has 11 heavy (non-hydrogen) atoms. The van der Waals surface area contributed by atoms with Crippen molar-refractivity contribution in [1.82, 2.24) is 4.57 Å². The Hall–Kier alpha value is -1.02. The molecule has 2 rings (SSSR count). The fraction of sp³-hybridized carbons (Fsp3) is 0.333. The van der Waals surface area contributed by atoms with Crippen LogP contribution in [0.15, 0.2) is 24.4 Å². The van der Waals surface area contributed by atoms with E-state index in [-0.39, 0.29) is 6.10 Å². The molecule has 0 fully saturated rings. The van der Waals surface area contributed by atoms with Crippen molar-refractivity contribution in [3.8, 4) is 0 Å². The summed E-state index contributed by atoms with van der Waals surface area (Å²) in [6, 6.07) is 4.08. The van der Waals surface area contributed by atoms with Gasteiger partial charge in [-0.3, -0.25) is 0 Å². The lowest BCUT2D eigenvalue weighted by Crippen LogP contribution is -2.04. The molecule has 0 amide bonds. The smallest absolute Gasteiger partial charge is 0.0741 e. The van der Waals surface area contributed by atoms with E-state index in [2.05, 4.69) is 10.6 Å². The van der Waals surface area contributed by atoms with Gasteiger partial charge in [0.15, 0.2) is 0 Å². The zero-order valence-corrected chi connectivity index (χ0v) is 6.27. The Kier molecular flexibility index (Phi) is 1.55. The summed E-state index contributed by atoms with van der Waals surface area (Å²) in [6.45, 7) is 0.913. The molecule has 1 aromatic heterocycles. The van der Waals surface area contributed by atoms with Crippen LogP contribution in [0, 0.1) is 0 Å². The summed E-state index contributed by atoms with van der Waals surface area (Å²) in [4.78, 5) is 0. The Balaban J connectivity index is 2.35. The molecule has 0 spiro atoms. The monoisotopic (exact) mass is 149 g/mol. The van der Waals surface area contributed by atoms with Crippen LogP contribution < -0.4 is 0 Å². The Morgan fingerprint density at radius 3 is 3.36 bits per heavy atom. The first-order valence-corrected chi connectivity index (χ1v) is 3.88. The van der Waals surface area contributed by atoms with Gasteiger partial charge in [-0.05, 0) is 24.6 Å². The molecule has 0 aromatic carbocycles. The van der Waals surface area contributed by atoms with Crippen LogP contribution in [-0.2, 0) is 6.54 Å². The van der Waals surface area contributed by atoms with Gasteiger partial charge in [0, 0.05) is 18.4 Å². The van der Waals surface area contributed by atoms with Crippen molar-refractivity contribution in [3.05, 3.63) is 30.1 Å². The molecule has 2 heteroatoms. The van der Waals surface area contributed by atoms with Crippen LogP contribution in [0.25, 0.3) is 6.08 Å². The van der Waals surface area contributed by atoms with E-state index < -0.39 is 0 Å². The molecule has 1 aliphatic rings. The Labute approximate surface area is 65.8 Å². The Bertz CT molecular complexity index is 275. The standard InChI is InChI=1S/C9H11NO/c11-9-4-3-8-2-1-6-10(8)7-5-9/h1-4,6,9,11H,5,7H2. The minimum atomic E-state index is -0.269. The van der Waals surface area contributed by atoms with Gasteiger partial charge in [0.25, 0.3) is 0 Å². The SMILES string of the molecule is OC1C=Cc2cccn2CC1. The van der Waals surface area contributed by atoms with Crippen molar-refractivity contribution in [2.45, 2.75) is 19.1 Å². The summed E-state index contributed by atoms with van der Waals surface area (Å²) >= 11 is 0. The average Bonchev–Trinajstić information content (AvgIpc) is 2.38. The molecule has 0 aliphatic carbocycles. The lowest BCUT2D eigenvalue weighted by atomic mass is 10.2. The second kappa shape index (κ2) is 2.55. The highest BCUT2D eigenvalue weighted by atomic mass is 16.3. The number of aliphatic hydroxyl groups is 1. The van der Waals surface area contributed by atoms with Crippen molar-refractivity contribution in [2.24, 2.45) is 0 Å². The quantitative estimate of drug-likeness (QED) is 0.590. The van der Waals surface area contributed by atoms with Gasteiger partial charge in [0.2, 0.25) is 0 Å². The number of aliphatic hydroxyl groups excluding tert-OH is 1. The lowest BCUT2D eigenvalue weighted by Gasteiger charge is -2.03. The van der Waals surface area contributed by atoms with Crippen LogP contribution in [0.4, 0.5) is 0 Å². The molecule has 2 nitrogen and oxygen atoms in total. The van der Waals surface area contributed by atoms with Gasteiger partial charge < -0.3 is 9.67 Å². The summed E-state index contributed by atoms with van der Waals surface area (Å²) in [6.07, 6.45) is 6.40. The van der Waals surface area contributed by atoms with E-state index in [1.54, 1.807) is 0 Å². The zero-order chi connectivity index (χ0) is 7.68. The largest absolute Gasteiger partial charge is 0.389 e. The van der Waals surface area contributed by atoms with Crippen LogP contribution in [0.2, 0.25) is 0 Å². The molecular weight excluding hydrogens is 138 g/mol. The van der Waals surface area contributed by atoms with E-state index in [1.807, 2.05) is 24.4 Å². The first kappa shape index (κ1) is 6.68. The van der Waals surface area contributed by atoms with Crippen LogP contribution in [0.1, 0.15) is 12.1 Å². The first-order chi connectivity index (χ1) is 5.36. The minimum Gasteiger partial charge on any atom is -0.389 e. The maximum absolute atomic E-state index is 9.28. The second-order valence-corrected chi connectivity index (χ2v) is 2.84. The lowest BCUT2D eigenvalue weighted by molar-refractivity contribution is 0.208. The highest BCUT2D eigenvalue weighted by Crippen LogP contribution is 2.12. The zero-order valence-electron chi connectivity index (χ0n) is 6.27. The Morgan fingerprint density at radius 2 is 2.45 bits per heavy atom. The number of hydrogen-bond acceptors (Lipinski definition) is 1. The summed E-state index contributed by atoms with van der Waals surface area (Å²) in [7, 11) is 0. The molecule has 1 atom stereocenters. The average molecular weight is 149 g/mol. The molecule has 0 saturated carbocycles. The van der Waals surface area contributed by atoms with Gasteiger partial charge in [0.1, 0.15) is 0 Å². The van der Waals surface area contributed by atoms with Crippen LogP contribution in [-0.4, -0.2) is 15.8 Å². The van der Waals surface area contributed by atoms with E-state index in [1.165, 1.54) is 5.69 Å². The highest BCUT2D eigenvalue weighted by Gasteiger charge is 2.06. The fourth-order valence-electron chi connectivity index (χ4n) is 1.36.